The van der Waals surface area contributed by atoms with Gasteiger partial charge in [-0.05, 0) is 51.9 Å². The molecule has 0 radical (unpaired) electrons. The van der Waals surface area contributed by atoms with Gasteiger partial charge in [0.2, 0.25) is 0 Å². The summed E-state index contributed by atoms with van der Waals surface area (Å²) >= 11 is 3.78. The Bertz CT molecular complexity index is 128. The summed E-state index contributed by atoms with van der Waals surface area (Å²) in [5.74, 6) is 0.530. The average molecular weight is 231 g/mol. The zero-order chi connectivity index (χ0) is 8.39. The second-order valence-electron chi connectivity index (χ2n) is 3.80. The Balaban J connectivity index is 1.84. The molecule has 2 aliphatic heterocycles. The molecule has 2 fully saturated rings. The van der Waals surface area contributed by atoms with Crippen molar-refractivity contribution >= 4 is 21.6 Å². The highest BCUT2D eigenvalue weighted by Gasteiger charge is 2.31. The van der Waals surface area contributed by atoms with Crippen LogP contribution in [0.2, 0.25) is 0 Å². The summed E-state index contributed by atoms with van der Waals surface area (Å²) in [6.07, 6.45) is 5.54. The fourth-order valence-corrected chi connectivity index (χ4v) is 2.96. The van der Waals surface area contributed by atoms with Gasteiger partial charge >= 0.3 is 5.81 Å². The summed E-state index contributed by atoms with van der Waals surface area (Å²) in [6.45, 7) is 5.14. The fraction of sp³-hybridized carbons (Fsp3) is 1.00. The molecule has 0 N–H and O–H groups in total. The van der Waals surface area contributed by atoms with E-state index < -0.39 is 0 Å². The summed E-state index contributed by atoms with van der Waals surface area (Å²) < 4.78 is 0. The topological polar surface area (TPSA) is 6.48 Å². The Hall–Kier alpha value is 0.465. The third-order valence-corrected chi connectivity index (χ3v) is 4.04. The lowest BCUT2D eigenvalue weighted by Crippen LogP contribution is -2.46. The number of rotatable bonds is 2. The maximum Gasteiger partial charge on any atom is 0.390 e. The molecule has 2 heterocycles. The lowest BCUT2D eigenvalue weighted by atomic mass is 10.1. The Kier molecular flexibility index (Phi) is 3.10. The van der Waals surface area contributed by atoms with E-state index in [4.69, 9.17) is 0 Å². The molecule has 0 aliphatic carbocycles. The predicted octanol–water partition coefficient (Wildman–Crippen LogP) is 1.56. The molecule has 2 rings (SSSR count). The molecular formula is C8H16BBrN2. The zero-order valence-electron chi connectivity index (χ0n) is 7.51. The summed E-state index contributed by atoms with van der Waals surface area (Å²) in [5, 5.41) is 0. The van der Waals surface area contributed by atoms with Crippen LogP contribution in [-0.4, -0.2) is 41.6 Å². The number of halogens is 1. The van der Waals surface area contributed by atoms with Crippen LogP contribution in [0.5, 0.6) is 0 Å². The quantitative estimate of drug-likeness (QED) is 0.665. The summed E-state index contributed by atoms with van der Waals surface area (Å²) in [7, 11) is 0. The normalized spacial score (nSPS) is 26.8. The van der Waals surface area contributed by atoms with E-state index in [1.54, 1.807) is 0 Å². The smallest absolute Gasteiger partial charge is 0.318 e. The minimum Gasteiger partial charge on any atom is -0.318 e. The third kappa shape index (κ3) is 1.86. The fourth-order valence-electron chi connectivity index (χ4n) is 2.14. The van der Waals surface area contributed by atoms with E-state index in [2.05, 4.69) is 25.4 Å². The van der Waals surface area contributed by atoms with Crippen LogP contribution in [0, 0.1) is 0 Å². The predicted molar refractivity (Wildman–Crippen MR) is 56.3 cm³/mol. The second kappa shape index (κ2) is 4.12. The maximum absolute atomic E-state index is 3.78. The highest BCUT2D eigenvalue weighted by Crippen LogP contribution is 2.19. The van der Waals surface area contributed by atoms with E-state index in [0.717, 1.165) is 0 Å². The largest absolute Gasteiger partial charge is 0.390 e. The number of hydrogen-bond donors (Lipinski definition) is 0. The molecule has 0 bridgehead atoms. The van der Waals surface area contributed by atoms with Crippen molar-refractivity contribution in [3.8, 4) is 0 Å². The molecule has 0 atom stereocenters. The molecule has 12 heavy (non-hydrogen) atoms. The molecule has 0 unspecified atom stereocenters. The van der Waals surface area contributed by atoms with Crippen molar-refractivity contribution < 1.29 is 0 Å². The van der Waals surface area contributed by atoms with E-state index >= 15 is 0 Å². The molecule has 0 aromatic heterocycles. The van der Waals surface area contributed by atoms with Gasteiger partial charge in [-0.25, -0.2) is 0 Å². The van der Waals surface area contributed by atoms with Gasteiger partial charge in [0.25, 0.3) is 0 Å². The molecule has 4 heteroatoms. The van der Waals surface area contributed by atoms with Gasteiger partial charge in [0.15, 0.2) is 0 Å². The Morgan fingerprint density at radius 2 is 1.08 bits per heavy atom. The summed E-state index contributed by atoms with van der Waals surface area (Å²) in [5.41, 5.74) is 0. The Labute approximate surface area is 83.4 Å². The highest BCUT2D eigenvalue weighted by atomic mass is 79.9. The third-order valence-electron chi connectivity index (χ3n) is 2.88. The van der Waals surface area contributed by atoms with Crippen molar-refractivity contribution in [2.75, 3.05) is 26.2 Å². The standard InChI is InChI=1S/C8H16BBrN2/c10-9(11-5-1-2-6-11)12-7-3-4-8-12/h1-8H2. The minimum atomic E-state index is 0.530. The van der Waals surface area contributed by atoms with Gasteiger partial charge in [-0.1, -0.05) is 0 Å². The van der Waals surface area contributed by atoms with Gasteiger partial charge in [-0.2, -0.15) is 0 Å². The van der Waals surface area contributed by atoms with Crippen LogP contribution in [0.3, 0.4) is 0 Å². The lowest BCUT2D eigenvalue weighted by Gasteiger charge is -2.26. The first-order chi connectivity index (χ1) is 5.88. The van der Waals surface area contributed by atoms with Crippen molar-refractivity contribution in [1.82, 2.24) is 9.62 Å². The molecule has 0 spiro atoms. The molecule has 0 saturated carbocycles. The SMILES string of the molecule is BrB(N1CCCC1)N1CCCC1. The molecular weight excluding hydrogens is 215 g/mol. The summed E-state index contributed by atoms with van der Waals surface area (Å²) in [4.78, 5) is 5.09. The van der Waals surface area contributed by atoms with E-state index in [1.165, 1.54) is 51.9 Å². The average Bonchev–Trinajstić information content (AvgIpc) is 2.77. The second-order valence-corrected chi connectivity index (χ2v) is 4.62. The lowest BCUT2D eigenvalue weighted by molar-refractivity contribution is 0.445. The Morgan fingerprint density at radius 1 is 0.750 bits per heavy atom. The van der Waals surface area contributed by atoms with Gasteiger partial charge in [-0.15, -0.1) is 15.8 Å². The van der Waals surface area contributed by atoms with E-state index in [9.17, 15) is 0 Å². The minimum absolute atomic E-state index is 0.530. The van der Waals surface area contributed by atoms with Crippen LogP contribution in [0.25, 0.3) is 0 Å². The maximum atomic E-state index is 3.78. The van der Waals surface area contributed by atoms with Crippen molar-refractivity contribution in [1.29, 1.82) is 0 Å². The van der Waals surface area contributed by atoms with Crippen molar-refractivity contribution in [3.05, 3.63) is 0 Å². The van der Waals surface area contributed by atoms with E-state index in [-0.39, 0.29) is 0 Å². The summed E-state index contributed by atoms with van der Waals surface area (Å²) in [6, 6.07) is 0. The van der Waals surface area contributed by atoms with E-state index in [1.807, 2.05) is 0 Å². The van der Waals surface area contributed by atoms with Gasteiger partial charge in [0.1, 0.15) is 0 Å². The molecule has 2 nitrogen and oxygen atoms in total. The molecule has 0 amide bonds. The molecule has 2 aliphatic rings. The van der Waals surface area contributed by atoms with Gasteiger partial charge in [-0.3, -0.25) is 0 Å². The van der Waals surface area contributed by atoms with E-state index in [0.29, 0.717) is 5.81 Å². The number of hydrogen-bond acceptors (Lipinski definition) is 2. The van der Waals surface area contributed by atoms with Crippen LogP contribution < -0.4 is 0 Å². The van der Waals surface area contributed by atoms with Crippen molar-refractivity contribution in [2.24, 2.45) is 0 Å². The van der Waals surface area contributed by atoms with Crippen LogP contribution in [0.4, 0.5) is 0 Å². The molecule has 0 aromatic carbocycles. The number of nitrogens with zero attached hydrogens (tertiary/aromatic N) is 2. The highest BCUT2D eigenvalue weighted by molar-refractivity contribution is 9.24. The molecule has 68 valence electrons. The van der Waals surface area contributed by atoms with Gasteiger partial charge < -0.3 is 9.62 Å². The van der Waals surface area contributed by atoms with Crippen molar-refractivity contribution in [2.45, 2.75) is 25.7 Å². The van der Waals surface area contributed by atoms with Gasteiger partial charge in [0.05, 0.1) is 0 Å². The first-order valence-electron chi connectivity index (χ1n) is 5.00. The zero-order valence-corrected chi connectivity index (χ0v) is 9.09. The van der Waals surface area contributed by atoms with Crippen LogP contribution in [-0.2, 0) is 0 Å². The van der Waals surface area contributed by atoms with Crippen LogP contribution in [0.1, 0.15) is 25.7 Å². The first-order valence-corrected chi connectivity index (χ1v) is 5.92. The molecule has 0 aromatic rings. The molecule has 2 saturated heterocycles. The van der Waals surface area contributed by atoms with Gasteiger partial charge in [0, 0.05) is 0 Å². The van der Waals surface area contributed by atoms with Crippen LogP contribution in [0.15, 0.2) is 0 Å². The first kappa shape index (κ1) is 9.04. The van der Waals surface area contributed by atoms with Crippen molar-refractivity contribution in [3.63, 3.8) is 0 Å². The van der Waals surface area contributed by atoms with Crippen LogP contribution >= 0.6 is 15.8 Å². The monoisotopic (exact) mass is 230 g/mol. The Morgan fingerprint density at radius 3 is 1.42 bits per heavy atom.